The molecule has 90 valence electrons. The standard InChI is InChI=1S/C12H16N4O/c1-9(12(17)14-2)8-16(3)11-6-10(7-13)4-5-15-11/h4-6,9H,8H2,1-3H3,(H,14,17). The van der Waals surface area contributed by atoms with E-state index in [1.807, 2.05) is 18.9 Å². The van der Waals surface area contributed by atoms with Gasteiger partial charge in [-0.05, 0) is 12.1 Å². The number of rotatable bonds is 4. The summed E-state index contributed by atoms with van der Waals surface area (Å²) < 4.78 is 0. The number of carbonyl (C=O) groups is 1. The van der Waals surface area contributed by atoms with Gasteiger partial charge in [-0.3, -0.25) is 4.79 Å². The van der Waals surface area contributed by atoms with Gasteiger partial charge in [0.1, 0.15) is 5.82 Å². The van der Waals surface area contributed by atoms with Crippen molar-refractivity contribution >= 4 is 11.7 Å². The fraction of sp³-hybridized carbons (Fsp3) is 0.417. The molecule has 0 saturated heterocycles. The molecule has 0 aliphatic rings. The van der Waals surface area contributed by atoms with Crippen molar-refractivity contribution < 1.29 is 4.79 Å². The van der Waals surface area contributed by atoms with Crippen LogP contribution in [-0.4, -0.2) is 31.5 Å². The Balaban J connectivity index is 2.73. The summed E-state index contributed by atoms with van der Waals surface area (Å²) in [4.78, 5) is 17.4. The zero-order valence-corrected chi connectivity index (χ0v) is 10.3. The van der Waals surface area contributed by atoms with Crippen LogP contribution in [0.2, 0.25) is 0 Å². The van der Waals surface area contributed by atoms with E-state index in [4.69, 9.17) is 5.26 Å². The van der Waals surface area contributed by atoms with Crippen LogP contribution >= 0.6 is 0 Å². The molecular weight excluding hydrogens is 216 g/mol. The van der Waals surface area contributed by atoms with Gasteiger partial charge in [0.05, 0.1) is 17.6 Å². The monoisotopic (exact) mass is 232 g/mol. The predicted molar refractivity (Wildman–Crippen MR) is 65.5 cm³/mol. The number of pyridine rings is 1. The van der Waals surface area contributed by atoms with E-state index in [9.17, 15) is 4.79 Å². The summed E-state index contributed by atoms with van der Waals surface area (Å²) in [6.45, 7) is 2.41. The number of anilines is 1. The minimum Gasteiger partial charge on any atom is -0.359 e. The largest absolute Gasteiger partial charge is 0.359 e. The third-order valence-electron chi connectivity index (χ3n) is 2.51. The first kappa shape index (κ1) is 13.0. The highest BCUT2D eigenvalue weighted by molar-refractivity contribution is 5.78. The quantitative estimate of drug-likeness (QED) is 0.832. The highest BCUT2D eigenvalue weighted by atomic mass is 16.1. The number of hydrogen-bond donors (Lipinski definition) is 1. The molecule has 1 rings (SSSR count). The van der Waals surface area contributed by atoms with Crippen LogP contribution in [0.4, 0.5) is 5.82 Å². The second kappa shape index (κ2) is 5.85. The van der Waals surface area contributed by atoms with Gasteiger partial charge in [0, 0.05) is 26.8 Å². The van der Waals surface area contributed by atoms with E-state index in [2.05, 4.69) is 16.4 Å². The Hall–Kier alpha value is -2.09. The molecule has 1 heterocycles. The van der Waals surface area contributed by atoms with E-state index in [0.29, 0.717) is 17.9 Å². The van der Waals surface area contributed by atoms with Crippen LogP contribution in [0.1, 0.15) is 12.5 Å². The van der Waals surface area contributed by atoms with E-state index in [0.717, 1.165) is 0 Å². The summed E-state index contributed by atoms with van der Waals surface area (Å²) in [5.74, 6) is 0.561. The van der Waals surface area contributed by atoms with E-state index in [1.165, 1.54) is 0 Å². The molecule has 0 aliphatic heterocycles. The Morgan fingerprint density at radius 2 is 2.41 bits per heavy atom. The smallest absolute Gasteiger partial charge is 0.224 e. The molecule has 1 unspecified atom stereocenters. The summed E-state index contributed by atoms with van der Waals surface area (Å²) in [6, 6.07) is 5.42. The van der Waals surface area contributed by atoms with Crippen LogP contribution < -0.4 is 10.2 Å². The molecule has 0 spiro atoms. The molecule has 0 saturated carbocycles. The van der Waals surface area contributed by atoms with Crippen LogP contribution in [0.15, 0.2) is 18.3 Å². The first-order chi connectivity index (χ1) is 8.08. The van der Waals surface area contributed by atoms with Crippen LogP contribution in [-0.2, 0) is 4.79 Å². The maximum atomic E-state index is 11.4. The lowest BCUT2D eigenvalue weighted by atomic mass is 10.1. The van der Waals surface area contributed by atoms with Crippen molar-refractivity contribution in [1.82, 2.24) is 10.3 Å². The fourth-order valence-corrected chi connectivity index (χ4v) is 1.53. The van der Waals surface area contributed by atoms with Crippen molar-refractivity contribution in [3.05, 3.63) is 23.9 Å². The van der Waals surface area contributed by atoms with Crippen molar-refractivity contribution in [2.45, 2.75) is 6.92 Å². The van der Waals surface area contributed by atoms with E-state index in [1.54, 1.807) is 25.4 Å². The van der Waals surface area contributed by atoms with Gasteiger partial charge in [-0.2, -0.15) is 5.26 Å². The van der Waals surface area contributed by atoms with E-state index < -0.39 is 0 Å². The molecule has 1 N–H and O–H groups in total. The second-order valence-corrected chi connectivity index (χ2v) is 3.91. The number of nitrogens with one attached hydrogen (secondary N) is 1. The van der Waals surface area contributed by atoms with E-state index >= 15 is 0 Å². The summed E-state index contributed by atoms with van der Waals surface area (Å²) in [5.41, 5.74) is 0.564. The molecule has 1 amide bonds. The molecule has 1 atom stereocenters. The number of carbonyl (C=O) groups excluding carboxylic acids is 1. The SMILES string of the molecule is CNC(=O)C(C)CN(C)c1cc(C#N)ccn1. The van der Waals surface area contributed by atoms with Gasteiger partial charge in [-0.15, -0.1) is 0 Å². The van der Waals surface area contributed by atoms with Gasteiger partial charge in [-0.1, -0.05) is 6.92 Å². The molecule has 17 heavy (non-hydrogen) atoms. The number of nitriles is 1. The molecule has 1 aromatic rings. The van der Waals surface area contributed by atoms with Crippen molar-refractivity contribution in [3.8, 4) is 6.07 Å². The first-order valence-corrected chi connectivity index (χ1v) is 5.37. The molecule has 0 aromatic carbocycles. The van der Waals surface area contributed by atoms with Crippen molar-refractivity contribution in [3.63, 3.8) is 0 Å². The highest BCUT2D eigenvalue weighted by Gasteiger charge is 2.14. The lowest BCUT2D eigenvalue weighted by Gasteiger charge is -2.21. The molecule has 0 bridgehead atoms. The van der Waals surface area contributed by atoms with E-state index in [-0.39, 0.29) is 11.8 Å². The lowest BCUT2D eigenvalue weighted by molar-refractivity contribution is -0.123. The zero-order chi connectivity index (χ0) is 12.8. The van der Waals surface area contributed by atoms with Gasteiger partial charge < -0.3 is 10.2 Å². The van der Waals surface area contributed by atoms with Gasteiger partial charge in [0.25, 0.3) is 0 Å². The van der Waals surface area contributed by atoms with Crippen LogP contribution in [0.5, 0.6) is 0 Å². The Morgan fingerprint density at radius 3 is 3.00 bits per heavy atom. The Labute approximate surface area is 101 Å². The Morgan fingerprint density at radius 1 is 1.71 bits per heavy atom. The van der Waals surface area contributed by atoms with Gasteiger partial charge in [0.2, 0.25) is 5.91 Å². The number of hydrogen-bond acceptors (Lipinski definition) is 4. The Kier molecular flexibility index (Phi) is 4.46. The van der Waals surface area contributed by atoms with Crippen LogP contribution in [0, 0.1) is 17.2 Å². The zero-order valence-electron chi connectivity index (χ0n) is 10.3. The number of amides is 1. The number of aromatic nitrogens is 1. The number of nitrogens with zero attached hydrogens (tertiary/aromatic N) is 3. The minimum absolute atomic E-state index is 0.00622. The lowest BCUT2D eigenvalue weighted by Crippen LogP contribution is -2.34. The topological polar surface area (TPSA) is 69.0 Å². The third-order valence-corrected chi connectivity index (χ3v) is 2.51. The maximum absolute atomic E-state index is 11.4. The molecule has 1 aromatic heterocycles. The third kappa shape index (κ3) is 3.45. The Bertz CT molecular complexity index is 438. The molecular formula is C12H16N4O. The average Bonchev–Trinajstić information content (AvgIpc) is 2.37. The van der Waals surface area contributed by atoms with Crippen molar-refractivity contribution in [2.75, 3.05) is 25.5 Å². The maximum Gasteiger partial charge on any atom is 0.224 e. The summed E-state index contributed by atoms with van der Waals surface area (Å²) in [5, 5.41) is 11.4. The summed E-state index contributed by atoms with van der Waals surface area (Å²) >= 11 is 0. The molecule has 0 fully saturated rings. The molecule has 0 radical (unpaired) electrons. The highest BCUT2D eigenvalue weighted by Crippen LogP contribution is 2.12. The first-order valence-electron chi connectivity index (χ1n) is 5.37. The summed E-state index contributed by atoms with van der Waals surface area (Å²) in [6.07, 6.45) is 1.59. The predicted octanol–water partition coefficient (Wildman–Crippen LogP) is 0.772. The normalized spacial score (nSPS) is 11.4. The molecule has 5 heteroatoms. The average molecular weight is 232 g/mol. The molecule has 5 nitrogen and oxygen atoms in total. The summed E-state index contributed by atoms with van der Waals surface area (Å²) in [7, 11) is 3.47. The second-order valence-electron chi connectivity index (χ2n) is 3.91. The minimum atomic E-state index is -0.127. The van der Waals surface area contributed by atoms with Gasteiger partial charge in [0.15, 0.2) is 0 Å². The van der Waals surface area contributed by atoms with Crippen LogP contribution in [0.3, 0.4) is 0 Å². The van der Waals surface area contributed by atoms with Crippen LogP contribution in [0.25, 0.3) is 0 Å². The van der Waals surface area contributed by atoms with Gasteiger partial charge in [-0.25, -0.2) is 4.98 Å². The molecule has 0 aliphatic carbocycles. The van der Waals surface area contributed by atoms with Gasteiger partial charge >= 0.3 is 0 Å². The van der Waals surface area contributed by atoms with Crippen molar-refractivity contribution in [1.29, 1.82) is 5.26 Å². The fourth-order valence-electron chi connectivity index (χ4n) is 1.53. The van der Waals surface area contributed by atoms with Crippen molar-refractivity contribution in [2.24, 2.45) is 5.92 Å².